The van der Waals surface area contributed by atoms with Crippen LogP contribution in [0.25, 0.3) is 0 Å². The van der Waals surface area contributed by atoms with Crippen LogP contribution in [-0.4, -0.2) is 24.7 Å². The van der Waals surface area contributed by atoms with E-state index in [0.29, 0.717) is 0 Å². The average Bonchev–Trinajstić information content (AvgIpc) is 1.68. The van der Waals surface area contributed by atoms with Crippen LogP contribution in [0.5, 0.6) is 0 Å². The number of hydrogen-bond donors (Lipinski definition) is 1. The van der Waals surface area contributed by atoms with Crippen LogP contribution in [0, 0.1) is 5.92 Å². The van der Waals surface area contributed by atoms with E-state index >= 15 is 0 Å². The molecular weight excluding hydrogens is 104 g/mol. The summed E-state index contributed by atoms with van der Waals surface area (Å²) in [5.41, 5.74) is 0. The van der Waals surface area contributed by atoms with Crippen molar-refractivity contribution >= 4 is 12.4 Å². The maximum absolute atomic E-state index is 7.97. The van der Waals surface area contributed by atoms with Gasteiger partial charge in [-0.2, -0.15) is 0 Å². The maximum Gasteiger partial charge on any atom is 0.0517 e. The molecule has 0 fully saturated rings. The smallest absolute Gasteiger partial charge is 0.0517 e. The number of nitrogens with zero attached hydrogens (tertiary/aromatic N) is 2. The van der Waals surface area contributed by atoms with Gasteiger partial charge in [-0.1, -0.05) is 6.92 Å². The average molecular weight is 114 g/mol. The zero-order chi connectivity index (χ0) is 6.41. The lowest BCUT2D eigenvalue weighted by molar-refractivity contribution is 0.320. The minimum Gasteiger partial charge on any atom is -0.411 e. The quantitative estimate of drug-likeness (QED) is 0.322. The Morgan fingerprint density at radius 1 is 1.50 bits per heavy atom. The SMILES string of the molecule is C/N=C/C(C)/C=N\O. The van der Waals surface area contributed by atoms with Crippen LogP contribution in [0.2, 0.25) is 0 Å². The van der Waals surface area contributed by atoms with Gasteiger partial charge in [0.25, 0.3) is 0 Å². The predicted octanol–water partition coefficient (Wildman–Crippen LogP) is 0.783. The van der Waals surface area contributed by atoms with E-state index in [-0.39, 0.29) is 5.92 Å². The molecule has 0 saturated heterocycles. The van der Waals surface area contributed by atoms with Gasteiger partial charge >= 0.3 is 0 Å². The summed E-state index contributed by atoms with van der Waals surface area (Å²) in [5.74, 6) is 0.130. The molecule has 1 atom stereocenters. The molecule has 3 heteroatoms. The van der Waals surface area contributed by atoms with Gasteiger partial charge in [-0.3, -0.25) is 0 Å². The van der Waals surface area contributed by atoms with Gasteiger partial charge in [-0.05, 0) is 0 Å². The molecule has 1 N–H and O–H groups in total. The summed E-state index contributed by atoms with van der Waals surface area (Å²) < 4.78 is 0. The minimum absolute atomic E-state index is 0.130. The van der Waals surface area contributed by atoms with Crippen LogP contribution in [-0.2, 0) is 0 Å². The van der Waals surface area contributed by atoms with E-state index in [0.717, 1.165) is 0 Å². The van der Waals surface area contributed by atoms with E-state index in [4.69, 9.17) is 5.21 Å². The fourth-order valence-corrected chi connectivity index (χ4v) is 0.379. The Morgan fingerprint density at radius 2 is 2.12 bits per heavy atom. The van der Waals surface area contributed by atoms with Crippen LogP contribution in [0.4, 0.5) is 0 Å². The molecule has 8 heavy (non-hydrogen) atoms. The van der Waals surface area contributed by atoms with Crippen LogP contribution in [0.1, 0.15) is 6.92 Å². The standard InChI is InChI=1S/C5H10N2O/c1-5(3-6-2)4-7-8/h3-5,8H,1-2H3/b6-3+,7-4-. The molecule has 0 aromatic heterocycles. The Balaban J connectivity index is 3.47. The molecule has 46 valence electrons. The first-order chi connectivity index (χ1) is 3.81. The minimum atomic E-state index is 0.130. The number of hydrogen-bond acceptors (Lipinski definition) is 3. The normalized spacial score (nSPS) is 15.8. The molecule has 0 aromatic rings. The van der Waals surface area contributed by atoms with Crippen molar-refractivity contribution in [1.82, 2.24) is 0 Å². The third kappa shape index (κ3) is 3.33. The van der Waals surface area contributed by atoms with Crippen molar-refractivity contribution in [1.29, 1.82) is 0 Å². The predicted molar refractivity (Wildman–Crippen MR) is 33.9 cm³/mol. The molecule has 0 heterocycles. The molecule has 0 aliphatic carbocycles. The van der Waals surface area contributed by atoms with Gasteiger partial charge in [0.15, 0.2) is 0 Å². The first-order valence-electron chi connectivity index (χ1n) is 2.41. The van der Waals surface area contributed by atoms with Gasteiger partial charge in [0.1, 0.15) is 0 Å². The second-order valence-electron chi connectivity index (χ2n) is 1.53. The van der Waals surface area contributed by atoms with Gasteiger partial charge in [0, 0.05) is 19.2 Å². The highest BCUT2D eigenvalue weighted by Crippen LogP contribution is 1.81. The van der Waals surface area contributed by atoms with E-state index in [1.165, 1.54) is 6.21 Å². The molecule has 0 aliphatic rings. The van der Waals surface area contributed by atoms with Gasteiger partial charge in [-0.15, -0.1) is 5.16 Å². The second-order valence-corrected chi connectivity index (χ2v) is 1.53. The van der Waals surface area contributed by atoms with Gasteiger partial charge < -0.3 is 10.2 Å². The molecule has 0 rings (SSSR count). The van der Waals surface area contributed by atoms with Crippen molar-refractivity contribution in [2.45, 2.75) is 6.92 Å². The Kier molecular flexibility index (Phi) is 3.84. The van der Waals surface area contributed by atoms with E-state index in [1.54, 1.807) is 13.3 Å². The molecule has 0 saturated carbocycles. The van der Waals surface area contributed by atoms with Crippen LogP contribution >= 0.6 is 0 Å². The largest absolute Gasteiger partial charge is 0.411 e. The lowest BCUT2D eigenvalue weighted by Crippen LogP contribution is -1.95. The highest BCUT2D eigenvalue weighted by atomic mass is 16.4. The molecule has 0 aromatic carbocycles. The van der Waals surface area contributed by atoms with Crippen molar-refractivity contribution in [2.24, 2.45) is 16.1 Å². The molecular formula is C5H10N2O. The van der Waals surface area contributed by atoms with Gasteiger partial charge in [0.05, 0.1) is 6.21 Å². The summed E-state index contributed by atoms with van der Waals surface area (Å²) in [6, 6.07) is 0. The van der Waals surface area contributed by atoms with Crippen LogP contribution < -0.4 is 0 Å². The Labute approximate surface area is 48.7 Å². The molecule has 3 nitrogen and oxygen atoms in total. The monoisotopic (exact) mass is 114 g/mol. The van der Waals surface area contributed by atoms with Crippen molar-refractivity contribution < 1.29 is 5.21 Å². The molecule has 0 amide bonds. The van der Waals surface area contributed by atoms with E-state index in [2.05, 4.69) is 10.1 Å². The van der Waals surface area contributed by atoms with Crippen molar-refractivity contribution in [2.75, 3.05) is 7.05 Å². The Hall–Kier alpha value is -0.860. The fourth-order valence-electron chi connectivity index (χ4n) is 0.379. The zero-order valence-corrected chi connectivity index (χ0v) is 5.07. The Bertz CT molecular complexity index is 86.6. The summed E-state index contributed by atoms with van der Waals surface area (Å²) in [4.78, 5) is 3.73. The van der Waals surface area contributed by atoms with Crippen molar-refractivity contribution in [3.8, 4) is 0 Å². The van der Waals surface area contributed by atoms with E-state index in [9.17, 15) is 0 Å². The topological polar surface area (TPSA) is 45.0 Å². The third-order valence-corrected chi connectivity index (χ3v) is 0.686. The lowest BCUT2D eigenvalue weighted by Gasteiger charge is -1.89. The first kappa shape index (κ1) is 7.14. The summed E-state index contributed by atoms with van der Waals surface area (Å²) >= 11 is 0. The zero-order valence-electron chi connectivity index (χ0n) is 5.07. The first-order valence-corrected chi connectivity index (χ1v) is 2.41. The summed E-state index contributed by atoms with van der Waals surface area (Å²) in [7, 11) is 1.68. The van der Waals surface area contributed by atoms with Gasteiger partial charge in [-0.25, -0.2) is 0 Å². The number of aliphatic imine (C=N–C) groups is 1. The fraction of sp³-hybridized carbons (Fsp3) is 0.600. The molecule has 0 radical (unpaired) electrons. The van der Waals surface area contributed by atoms with Crippen LogP contribution in [0.15, 0.2) is 10.1 Å². The molecule has 0 bridgehead atoms. The molecule has 0 aliphatic heterocycles. The Morgan fingerprint density at radius 3 is 2.50 bits per heavy atom. The van der Waals surface area contributed by atoms with Crippen LogP contribution in [0.3, 0.4) is 0 Å². The van der Waals surface area contributed by atoms with E-state index in [1.807, 2.05) is 6.92 Å². The summed E-state index contributed by atoms with van der Waals surface area (Å²) in [6.07, 6.45) is 3.10. The lowest BCUT2D eigenvalue weighted by atomic mass is 10.2. The number of oxime groups is 1. The van der Waals surface area contributed by atoms with Gasteiger partial charge in [0.2, 0.25) is 0 Å². The highest BCUT2D eigenvalue weighted by Gasteiger charge is 1.87. The number of rotatable bonds is 2. The van der Waals surface area contributed by atoms with Crippen molar-refractivity contribution in [3.05, 3.63) is 0 Å². The molecule has 1 unspecified atom stereocenters. The summed E-state index contributed by atoms with van der Waals surface area (Å²) in [6.45, 7) is 1.88. The molecule has 0 spiro atoms. The van der Waals surface area contributed by atoms with E-state index < -0.39 is 0 Å². The maximum atomic E-state index is 7.97. The third-order valence-electron chi connectivity index (χ3n) is 0.686. The van der Waals surface area contributed by atoms with Crippen molar-refractivity contribution in [3.63, 3.8) is 0 Å². The highest BCUT2D eigenvalue weighted by molar-refractivity contribution is 5.82. The summed E-state index contributed by atoms with van der Waals surface area (Å²) in [5, 5.41) is 10.8. The second kappa shape index (κ2) is 4.30.